The first kappa shape index (κ1) is 24.7. The van der Waals surface area contributed by atoms with Crippen LogP contribution in [0.1, 0.15) is 44.9 Å². The first-order chi connectivity index (χ1) is 16.4. The van der Waals surface area contributed by atoms with Crippen molar-refractivity contribution in [2.24, 2.45) is 0 Å². The van der Waals surface area contributed by atoms with Gasteiger partial charge >= 0.3 is 12.1 Å². The second-order valence-electron chi connectivity index (χ2n) is 9.19. The van der Waals surface area contributed by atoms with Crippen molar-refractivity contribution in [3.8, 4) is 0 Å². The van der Waals surface area contributed by atoms with E-state index in [-0.39, 0.29) is 29.0 Å². The van der Waals surface area contributed by atoms with Crippen molar-refractivity contribution in [1.82, 2.24) is 19.8 Å². The molecule has 2 heterocycles. The number of benzene rings is 1. The lowest BCUT2D eigenvalue weighted by Gasteiger charge is -2.33. The van der Waals surface area contributed by atoms with Gasteiger partial charge in [0.15, 0.2) is 0 Å². The van der Waals surface area contributed by atoms with Gasteiger partial charge in [0.2, 0.25) is 10.0 Å². The molecule has 4 amide bonds. The fraction of sp³-hybridized carbons (Fsp3) is 0.652. The number of sulfonamides is 1. The minimum absolute atomic E-state index is 0.0367. The predicted molar refractivity (Wildman–Crippen MR) is 128 cm³/mol. The lowest BCUT2D eigenvalue weighted by atomic mass is 9.96. The molecule has 11 heteroatoms. The number of amides is 4. The number of hydrogen-bond donors (Lipinski definition) is 3. The molecule has 2 saturated heterocycles. The second-order valence-corrected chi connectivity index (χ2v) is 11.1. The number of urea groups is 2. The maximum Gasteiger partial charge on any atom is 0.321 e. The van der Waals surface area contributed by atoms with Crippen LogP contribution in [-0.2, 0) is 14.8 Å². The normalized spacial score (nSPS) is 21.1. The molecule has 1 aliphatic carbocycles. The topological polar surface area (TPSA) is 120 Å². The summed E-state index contributed by atoms with van der Waals surface area (Å²) in [5.41, 5.74) is 0.437. The van der Waals surface area contributed by atoms with Crippen molar-refractivity contribution in [1.29, 1.82) is 0 Å². The maximum absolute atomic E-state index is 12.9. The first-order valence-corrected chi connectivity index (χ1v) is 13.7. The summed E-state index contributed by atoms with van der Waals surface area (Å²) >= 11 is 0. The highest BCUT2D eigenvalue weighted by atomic mass is 32.2. The predicted octanol–water partition coefficient (Wildman–Crippen LogP) is 2.34. The number of piperidine rings is 1. The summed E-state index contributed by atoms with van der Waals surface area (Å²) in [7, 11) is -3.63. The maximum atomic E-state index is 12.9. The average molecular weight is 494 g/mol. The Morgan fingerprint density at radius 3 is 2.21 bits per heavy atom. The molecule has 34 heavy (non-hydrogen) atoms. The van der Waals surface area contributed by atoms with Crippen LogP contribution in [0.3, 0.4) is 0 Å². The van der Waals surface area contributed by atoms with E-state index < -0.39 is 10.0 Å². The highest BCUT2D eigenvalue weighted by Crippen LogP contribution is 2.22. The highest BCUT2D eigenvalue weighted by Gasteiger charge is 2.28. The van der Waals surface area contributed by atoms with Crippen LogP contribution < -0.4 is 16.0 Å². The van der Waals surface area contributed by atoms with Crippen LogP contribution in [0.5, 0.6) is 0 Å². The van der Waals surface area contributed by atoms with Gasteiger partial charge in [-0.05, 0) is 43.9 Å². The minimum atomic E-state index is -3.63. The molecule has 3 fully saturated rings. The molecule has 0 aromatic heterocycles. The Kier molecular flexibility index (Phi) is 8.28. The monoisotopic (exact) mass is 493 g/mol. The SMILES string of the molecule is O=C(NC1CCCCC1)NC1CCN(C(=O)Nc2cccc(S(=O)(=O)N3CCOCC3)c2)CC1. The van der Waals surface area contributed by atoms with Crippen LogP contribution >= 0.6 is 0 Å². The molecular formula is C23H35N5O5S. The van der Waals surface area contributed by atoms with E-state index in [1.807, 2.05) is 0 Å². The standard InChI is InChI=1S/C23H35N5O5S/c29-22(24-18-5-2-1-3-6-18)25-19-9-11-27(12-10-19)23(30)26-20-7-4-8-21(17-20)34(31,32)28-13-15-33-16-14-28/h4,7-8,17-19H,1-3,5-6,9-16H2,(H,26,30)(H2,24,25,29). The fourth-order valence-electron chi connectivity index (χ4n) is 4.76. The van der Waals surface area contributed by atoms with E-state index in [1.165, 1.54) is 35.7 Å². The summed E-state index contributed by atoms with van der Waals surface area (Å²) in [6, 6.07) is 6.25. The molecule has 4 rings (SSSR count). The van der Waals surface area contributed by atoms with Crippen LogP contribution in [0.25, 0.3) is 0 Å². The van der Waals surface area contributed by atoms with Crippen molar-refractivity contribution < 1.29 is 22.7 Å². The lowest BCUT2D eigenvalue weighted by Crippen LogP contribution is -2.51. The molecule has 0 spiro atoms. The highest BCUT2D eigenvalue weighted by molar-refractivity contribution is 7.89. The number of hydrogen-bond acceptors (Lipinski definition) is 5. The van der Waals surface area contributed by atoms with Crippen LogP contribution in [0.2, 0.25) is 0 Å². The zero-order valence-electron chi connectivity index (χ0n) is 19.5. The van der Waals surface area contributed by atoms with Gasteiger partial charge < -0.3 is 25.6 Å². The van der Waals surface area contributed by atoms with Gasteiger partial charge in [-0.2, -0.15) is 4.31 Å². The summed E-state index contributed by atoms with van der Waals surface area (Å²) < 4.78 is 32.4. The van der Waals surface area contributed by atoms with Crippen LogP contribution in [0.15, 0.2) is 29.2 Å². The van der Waals surface area contributed by atoms with E-state index >= 15 is 0 Å². The van der Waals surface area contributed by atoms with Gasteiger partial charge in [0.1, 0.15) is 0 Å². The number of likely N-dealkylation sites (tertiary alicyclic amines) is 1. The zero-order chi connectivity index (χ0) is 24.0. The summed E-state index contributed by atoms with van der Waals surface area (Å²) in [6.45, 7) is 2.44. The van der Waals surface area contributed by atoms with E-state index in [4.69, 9.17) is 4.74 Å². The van der Waals surface area contributed by atoms with Crippen molar-refractivity contribution in [2.45, 2.75) is 61.9 Å². The van der Waals surface area contributed by atoms with Crippen molar-refractivity contribution in [3.05, 3.63) is 24.3 Å². The van der Waals surface area contributed by atoms with Gasteiger partial charge in [0, 0.05) is 44.0 Å². The molecule has 3 aliphatic rings. The summed E-state index contributed by atoms with van der Waals surface area (Å²) in [6.07, 6.45) is 7.02. The Morgan fingerprint density at radius 1 is 0.882 bits per heavy atom. The average Bonchev–Trinajstić information content (AvgIpc) is 2.86. The minimum Gasteiger partial charge on any atom is -0.379 e. The van der Waals surface area contributed by atoms with Gasteiger partial charge in [-0.1, -0.05) is 25.3 Å². The Labute approximate surface area is 201 Å². The zero-order valence-corrected chi connectivity index (χ0v) is 20.3. The van der Waals surface area contributed by atoms with Gasteiger partial charge in [0.05, 0.1) is 18.1 Å². The van der Waals surface area contributed by atoms with E-state index in [1.54, 1.807) is 17.0 Å². The Balaban J connectivity index is 1.25. The number of rotatable bonds is 5. The van der Waals surface area contributed by atoms with Crippen molar-refractivity contribution in [3.63, 3.8) is 0 Å². The van der Waals surface area contributed by atoms with E-state index in [0.29, 0.717) is 57.9 Å². The molecule has 2 aliphatic heterocycles. The van der Waals surface area contributed by atoms with Gasteiger partial charge in [-0.3, -0.25) is 0 Å². The Morgan fingerprint density at radius 2 is 1.53 bits per heavy atom. The van der Waals surface area contributed by atoms with Crippen molar-refractivity contribution in [2.75, 3.05) is 44.7 Å². The molecular weight excluding hydrogens is 458 g/mol. The number of carbonyl (C=O) groups excluding carboxylic acids is 2. The summed E-state index contributed by atoms with van der Waals surface area (Å²) in [5, 5.41) is 8.93. The summed E-state index contributed by atoms with van der Waals surface area (Å²) in [4.78, 5) is 26.9. The first-order valence-electron chi connectivity index (χ1n) is 12.2. The number of nitrogens with one attached hydrogen (secondary N) is 3. The van der Waals surface area contributed by atoms with Gasteiger partial charge in [-0.25, -0.2) is 18.0 Å². The number of morpholine rings is 1. The molecule has 0 bridgehead atoms. The third-order valence-corrected chi connectivity index (χ3v) is 8.65. The number of ether oxygens (including phenoxy) is 1. The number of carbonyl (C=O) groups is 2. The Hall–Kier alpha value is -2.37. The van der Waals surface area contributed by atoms with Gasteiger partial charge in [0.25, 0.3) is 0 Å². The van der Waals surface area contributed by atoms with Crippen LogP contribution in [-0.4, -0.2) is 81.2 Å². The molecule has 3 N–H and O–H groups in total. The third-order valence-electron chi connectivity index (χ3n) is 6.75. The molecule has 0 radical (unpaired) electrons. The smallest absolute Gasteiger partial charge is 0.321 e. The fourth-order valence-corrected chi connectivity index (χ4v) is 6.21. The molecule has 1 aromatic rings. The van der Waals surface area contributed by atoms with Gasteiger partial charge in [-0.15, -0.1) is 0 Å². The summed E-state index contributed by atoms with van der Waals surface area (Å²) in [5.74, 6) is 0. The lowest BCUT2D eigenvalue weighted by molar-refractivity contribution is 0.0730. The van der Waals surface area contributed by atoms with E-state index in [2.05, 4.69) is 16.0 Å². The molecule has 10 nitrogen and oxygen atoms in total. The van der Waals surface area contributed by atoms with E-state index in [9.17, 15) is 18.0 Å². The van der Waals surface area contributed by atoms with E-state index in [0.717, 1.165) is 12.8 Å². The largest absolute Gasteiger partial charge is 0.379 e. The molecule has 1 aromatic carbocycles. The molecule has 0 atom stereocenters. The number of anilines is 1. The van der Waals surface area contributed by atoms with Crippen LogP contribution in [0.4, 0.5) is 15.3 Å². The quantitative estimate of drug-likeness (QED) is 0.582. The second kappa shape index (κ2) is 11.4. The Bertz CT molecular complexity index is 952. The molecule has 1 saturated carbocycles. The van der Waals surface area contributed by atoms with Crippen LogP contribution in [0, 0.1) is 0 Å². The molecule has 188 valence electrons. The number of nitrogens with zero attached hydrogens (tertiary/aromatic N) is 2. The third kappa shape index (κ3) is 6.39. The molecule has 0 unspecified atom stereocenters. The van der Waals surface area contributed by atoms with Crippen molar-refractivity contribution >= 4 is 27.8 Å².